The van der Waals surface area contributed by atoms with Gasteiger partial charge in [-0.1, -0.05) is 12.8 Å². The molecule has 1 saturated carbocycles. The van der Waals surface area contributed by atoms with E-state index in [1.54, 1.807) is 4.31 Å². The van der Waals surface area contributed by atoms with Crippen molar-refractivity contribution in [2.24, 2.45) is 5.92 Å². The molecule has 5 heteroatoms. The van der Waals surface area contributed by atoms with Gasteiger partial charge in [0.25, 0.3) is 0 Å². The Morgan fingerprint density at radius 3 is 2.56 bits per heavy atom. The number of piperidine rings is 1. The van der Waals surface area contributed by atoms with Crippen LogP contribution < -0.4 is 0 Å². The van der Waals surface area contributed by atoms with Gasteiger partial charge in [0.15, 0.2) is 0 Å². The molecule has 4 nitrogen and oxygen atoms in total. The highest BCUT2D eigenvalue weighted by molar-refractivity contribution is 7.89. The summed E-state index contributed by atoms with van der Waals surface area (Å²) in [5.41, 5.74) is 0. The van der Waals surface area contributed by atoms with Crippen molar-refractivity contribution in [3.8, 4) is 0 Å². The van der Waals surface area contributed by atoms with Crippen LogP contribution in [-0.4, -0.2) is 42.8 Å². The van der Waals surface area contributed by atoms with Crippen molar-refractivity contribution in [1.29, 1.82) is 0 Å². The van der Waals surface area contributed by atoms with Crippen LogP contribution in [0.1, 0.15) is 38.5 Å². The Kier molecular flexibility index (Phi) is 3.87. The minimum Gasteiger partial charge on any atom is -0.395 e. The predicted molar refractivity (Wildman–Crippen MR) is 62.6 cm³/mol. The highest BCUT2D eigenvalue weighted by Crippen LogP contribution is 2.36. The SMILES string of the molecule is O=S(=O)(CCO)N1CCC[C@H]2CCCC[C@H]21. The summed E-state index contributed by atoms with van der Waals surface area (Å²) in [5.74, 6) is 0.451. The lowest BCUT2D eigenvalue weighted by Crippen LogP contribution is -2.50. The maximum atomic E-state index is 12.0. The third-order valence-corrected chi connectivity index (χ3v) is 5.77. The summed E-state index contributed by atoms with van der Waals surface area (Å²) in [4.78, 5) is 0. The first-order valence-electron chi connectivity index (χ1n) is 6.25. The molecule has 1 N–H and O–H groups in total. The highest BCUT2D eigenvalue weighted by atomic mass is 32.2. The third-order valence-electron chi connectivity index (χ3n) is 3.90. The fourth-order valence-corrected chi connectivity index (χ4v) is 4.72. The van der Waals surface area contributed by atoms with Gasteiger partial charge in [-0.15, -0.1) is 0 Å². The zero-order chi connectivity index (χ0) is 11.6. The van der Waals surface area contributed by atoms with Gasteiger partial charge < -0.3 is 5.11 Å². The first-order valence-corrected chi connectivity index (χ1v) is 7.86. The quantitative estimate of drug-likeness (QED) is 0.808. The van der Waals surface area contributed by atoms with Gasteiger partial charge in [0, 0.05) is 12.6 Å². The van der Waals surface area contributed by atoms with Gasteiger partial charge in [0.05, 0.1) is 12.4 Å². The van der Waals surface area contributed by atoms with Crippen molar-refractivity contribution in [2.75, 3.05) is 18.9 Å². The molecule has 2 aliphatic rings. The van der Waals surface area contributed by atoms with Crippen LogP contribution in [0.25, 0.3) is 0 Å². The van der Waals surface area contributed by atoms with E-state index in [1.165, 1.54) is 19.3 Å². The molecule has 0 aromatic heterocycles. The fraction of sp³-hybridized carbons (Fsp3) is 1.00. The molecule has 1 aliphatic carbocycles. The van der Waals surface area contributed by atoms with Crippen molar-refractivity contribution in [3.05, 3.63) is 0 Å². The van der Waals surface area contributed by atoms with Gasteiger partial charge in [0.2, 0.25) is 10.0 Å². The smallest absolute Gasteiger partial charge is 0.216 e. The van der Waals surface area contributed by atoms with Crippen LogP contribution in [0.5, 0.6) is 0 Å². The molecular weight excluding hydrogens is 226 g/mol. The minimum absolute atomic E-state index is 0.115. The van der Waals surface area contributed by atoms with Crippen LogP contribution in [0.2, 0.25) is 0 Å². The van der Waals surface area contributed by atoms with E-state index in [4.69, 9.17) is 5.11 Å². The van der Waals surface area contributed by atoms with Gasteiger partial charge in [0.1, 0.15) is 0 Å². The van der Waals surface area contributed by atoms with Crippen molar-refractivity contribution in [3.63, 3.8) is 0 Å². The predicted octanol–water partition coefficient (Wildman–Crippen LogP) is 0.963. The summed E-state index contributed by atoms with van der Waals surface area (Å²) in [6.45, 7) is 0.389. The van der Waals surface area contributed by atoms with Crippen LogP contribution in [-0.2, 0) is 10.0 Å². The molecule has 1 saturated heterocycles. The van der Waals surface area contributed by atoms with Crippen molar-refractivity contribution in [2.45, 2.75) is 44.6 Å². The van der Waals surface area contributed by atoms with Gasteiger partial charge in [-0.25, -0.2) is 8.42 Å². The van der Waals surface area contributed by atoms with E-state index in [2.05, 4.69) is 0 Å². The number of nitrogens with zero attached hydrogens (tertiary/aromatic N) is 1. The van der Waals surface area contributed by atoms with E-state index >= 15 is 0 Å². The topological polar surface area (TPSA) is 57.6 Å². The van der Waals surface area contributed by atoms with E-state index < -0.39 is 10.0 Å². The van der Waals surface area contributed by atoms with Crippen LogP contribution in [0.3, 0.4) is 0 Å². The van der Waals surface area contributed by atoms with Gasteiger partial charge in [-0.2, -0.15) is 4.31 Å². The number of aliphatic hydroxyl groups is 1. The maximum absolute atomic E-state index is 12.0. The van der Waals surface area contributed by atoms with Gasteiger partial charge in [-0.05, 0) is 31.6 Å². The molecule has 0 aromatic rings. The zero-order valence-electron chi connectivity index (χ0n) is 9.64. The highest BCUT2D eigenvalue weighted by Gasteiger charge is 2.38. The van der Waals surface area contributed by atoms with Gasteiger partial charge in [-0.3, -0.25) is 0 Å². The molecule has 0 bridgehead atoms. The Bertz CT molecular complexity index is 326. The van der Waals surface area contributed by atoms with E-state index in [0.717, 1.165) is 19.3 Å². The van der Waals surface area contributed by atoms with E-state index in [-0.39, 0.29) is 18.4 Å². The second-order valence-electron chi connectivity index (χ2n) is 4.90. The molecule has 1 aliphatic heterocycles. The molecule has 0 unspecified atom stereocenters. The second-order valence-corrected chi connectivity index (χ2v) is 6.95. The summed E-state index contributed by atoms with van der Waals surface area (Å²) in [6, 6.07) is 0.221. The molecule has 0 radical (unpaired) electrons. The van der Waals surface area contributed by atoms with E-state index in [0.29, 0.717) is 12.5 Å². The molecule has 2 atom stereocenters. The summed E-state index contributed by atoms with van der Waals surface area (Å²) in [6.07, 6.45) is 6.73. The molecule has 0 spiro atoms. The number of aliphatic hydroxyl groups excluding tert-OH is 1. The number of fused-ring (bicyclic) bond motifs is 1. The number of rotatable bonds is 3. The van der Waals surface area contributed by atoms with Crippen molar-refractivity contribution < 1.29 is 13.5 Å². The third kappa shape index (κ3) is 2.41. The Morgan fingerprint density at radius 2 is 1.81 bits per heavy atom. The van der Waals surface area contributed by atoms with Crippen LogP contribution >= 0.6 is 0 Å². The van der Waals surface area contributed by atoms with Gasteiger partial charge >= 0.3 is 0 Å². The van der Waals surface area contributed by atoms with Crippen molar-refractivity contribution in [1.82, 2.24) is 4.31 Å². The summed E-state index contributed by atoms with van der Waals surface area (Å²) in [5, 5.41) is 8.82. The Morgan fingerprint density at radius 1 is 1.12 bits per heavy atom. The second kappa shape index (κ2) is 5.02. The largest absolute Gasteiger partial charge is 0.395 e. The summed E-state index contributed by atoms with van der Waals surface area (Å²) in [7, 11) is -3.22. The van der Waals surface area contributed by atoms with Crippen molar-refractivity contribution >= 4 is 10.0 Å². The number of hydrogen-bond acceptors (Lipinski definition) is 3. The van der Waals surface area contributed by atoms with E-state index in [1.807, 2.05) is 0 Å². The van der Waals surface area contributed by atoms with Crippen LogP contribution in [0, 0.1) is 5.92 Å². The maximum Gasteiger partial charge on any atom is 0.216 e. The molecule has 2 rings (SSSR count). The zero-order valence-corrected chi connectivity index (χ0v) is 10.5. The normalized spacial score (nSPS) is 32.3. The Hall–Kier alpha value is -0.130. The molecular formula is C11H21NO3S. The first-order chi connectivity index (χ1) is 7.65. The first kappa shape index (κ1) is 12.3. The monoisotopic (exact) mass is 247 g/mol. The standard InChI is InChI=1S/C11H21NO3S/c13-8-9-16(14,15)12-7-3-5-10-4-1-2-6-11(10)12/h10-11,13H,1-9H2/t10-,11-/m1/s1. The molecule has 16 heavy (non-hydrogen) atoms. The lowest BCUT2D eigenvalue weighted by molar-refractivity contribution is 0.128. The molecule has 0 amide bonds. The minimum atomic E-state index is -3.22. The number of hydrogen-bond donors (Lipinski definition) is 1. The molecule has 0 aromatic carbocycles. The van der Waals surface area contributed by atoms with Crippen LogP contribution in [0.15, 0.2) is 0 Å². The fourth-order valence-electron chi connectivity index (χ4n) is 3.16. The Labute approximate surface area is 97.7 Å². The molecule has 2 fully saturated rings. The average molecular weight is 247 g/mol. The van der Waals surface area contributed by atoms with E-state index in [9.17, 15) is 8.42 Å². The Balaban J connectivity index is 2.13. The van der Waals surface area contributed by atoms with Crippen LogP contribution in [0.4, 0.5) is 0 Å². The molecule has 1 heterocycles. The molecule has 94 valence electrons. The average Bonchev–Trinajstić information content (AvgIpc) is 2.28. The summed E-state index contributed by atoms with van der Waals surface area (Å²) < 4.78 is 25.7. The lowest BCUT2D eigenvalue weighted by atomic mass is 9.79. The lowest BCUT2D eigenvalue weighted by Gasteiger charge is -2.43. The summed E-state index contributed by atoms with van der Waals surface area (Å²) >= 11 is 0. The number of sulfonamides is 1.